The SMILES string of the molecule is CC1(C)CCC(CN)(OCCCS(C)(=O)=O)CC1. The molecule has 0 unspecified atom stereocenters. The van der Waals surface area contributed by atoms with Gasteiger partial charge in [0.15, 0.2) is 0 Å². The van der Waals surface area contributed by atoms with Crippen molar-refractivity contribution in [2.75, 3.05) is 25.2 Å². The topological polar surface area (TPSA) is 69.4 Å². The van der Waals surface area contributed by atoms with Crippen molar-refractivity contribution >= 4 is 9.84 Å². The molecule has 0 bridgehead atoms. The van der Waals surface area contributed by atoms with E-state index in [1.54, 1.807) is 0 Å². The Hall–Kier alpha value is -0.130. The van der Waals surface area contributed by atoms with Crippen LogP contribution in [0, 0.1) is 5.41 Å². The van der Waals surface area contributed by atoms with Crippen LogP contribution in [0.1, 0.15) is 46.0 Å². The first-order valence-corrected chi connectivity index (χ1v) is 8.76. The lowest BCUT2D eigenvalue weighted by atomic mass is 9.71. The number of ether oxygens (including phenoxy) is 1. The van der Waals surface area contributed by atoms with E-state index in [1.807, 2.05) is 0 Å². The number of nitrogens with two attached hydrogens (primary N) is 1. The Morgan fingerprint density at radius 3 is 2.17 bits per heavy atom. The second-order valence-corrected chi connectivity index (χ2v) is 8.64. The Morgan fingerprint density at radius 1 is 1.17 bits per heavy atom. The summed E-state index contributed by atoms with van der Waals surface area (Å²) in [6, 6.07) is 0. The van der Waals surface area contributed by atoms with E-state index in [-0.39, 0.29) is 11.4 Å². The first-order chi connectivity index (χ1) is 8.18. The number of hydrogen-bond donors (Lipinski definition) is 1. The molecule has 1 saturated carbocycles. The van der Waals surface area contributed by atoms with Crippen molar-refractivity contribution in [2.24, 2.45) is 11.1 Å². The van der Waals surface area contributed by atoms with Crippen LogP contribution in [-0.2, 0) is 14.6 Å². The van der Waals surface area contributed by atoms with Gasteiger partial charge in [-0.15, -0.1) is 0 Å². The van der Waals surface area contributed by atoms with Crippen LogP contribution in [-0.4, -0.2) is 39.2 Å². The Labute approximate surface area is 111 Å². The summed E-state index contributed by atoms with van der Waals surface area (Å²) in [5.41, 5.74) is 6.02. The van der Waals surface area contributed by atoms with E-state index in [0.717, 1.165) is 25.7 Å². The quantitative estimate of drug-likeness (QED) is 0.751. The maximum atomic E-state index is 11.0. The molecule has 0 amide bonds. The van der Waals surface area contributed by atoms with Crippen LogP contribution in [0.25, 0.3) is 0 Å². The van der Waals surface area contributed by atoms with Gasteiger partial charge in [-0.25, -0.2) is 8.42 Å². The van der Waals surface area contributed by atoms with Gasteiger partial charge in [-0.05, 0) is 37.5 Å². The fourth-order valence-electron chi connectivity index (χ4n) is 2.40. The van der Waals surface area contributed by atoms with E-state index in [2.05, 4.69) is 13.8 Å². The fraction of sp³-hybridized carbons (Fsp3) is 1.00. The first-order valence-electron chi connectivity index (χ1n) is 6.70. The van der Waals surface area contributed by atoms with Crippen LogP contribution in [0.15, 0.2) is 0 Å². The van der Waals surface area contributed by atoms with Crippen molar-refractivity contribution in [1.29, 1.82) is 0 Å². The molecule has 0 aromatic carbocycles. The normalized spacial score (nSPS) is 22.9. The van der Waals surface area contributed by atoms with E-state index >= 15 is 0 Å². The third-order valence-electron chi connectivity index (χ3n) is 3.95. The molecule has 0 aromatic rings. The summed E-state index contributed by atoms with van der Waals surface area (Å²) in [7, 11) is -2.88. The molecule has 0 saturated heterocycles. The molecule has 0 aliphatic heterocycles. The molecule has 1 aliphatic carbocycles. The monoisotopic (exact) mass is 277 g/mol. The zero-order valence-corrected chi connectivity index (χ0v) is 12.7. The van der Waals surface area contributed by atoms with Gasteiger partial charge in [-0.2, -0.15) is 0 Å². The highest BCUT2D eigenvalue weighted by atomic mass is 32.2. The molecule has 2 N–H and O–H groups in total. The maximum Gasteiger partial charge on any atom is 0.147 e. The number of hydrogen-bond acceptors (Lipinski definition) is 4. The highest BCUT2D eigenvalue weighted by Crippen LogP contribution is 2.41. The molecular formula is C13H27NO3S. The second kappa shape index (κ2) is 5.88. The van der Waals surface area contributed by atoms with Gasteiger partial charge in [0.05, 0.1) is 11.4 Å². The molecule has 1 aliphatic rings. The number of rotatable bonds is 6. The van der Waals surface area contributed by atoms with E-state index in [9.17, 15) is 8.42 Å². The molecule has 0 spiro atoms. The van der Waals surface area contributed by atoms with E-state index in [1.165, 1.54) is 6.26 Å². The molecule has 1 fully saturated rings. The molecular weight excluding hydrogens is 250 g/mol. The summed E-state index contributed by atoms with van der Waals surface area (Å²) < 4.78 is 28.0. The summed E-state index contributed by atoms with van der Waals surface area (Å²) >= 11 is 0. The third-order valence-corrected chi connectivity index (χ3v) is 4.98. The molecule has 1 rings (SSSR count). The molecule has 108 valence electrons. The van der Waals surface area contributed by atoms with Gasteiger partial charge in [0.1, 0.15) is 9.84 Å². The highest BCUT2D eigenvalue weighted by molar-refractivity contribution is 7.90. The lowest BCUT2D eigenvalue weighted by Crippen LogP contribution is -2.45. The van der Waals surface area contributed by atoms with Crippen LogP contribution in [0.5, 0.6) is 0 Å². The van der Waals surface area contributed by atoms with E-state index < -0.39 is 9.84 Å². The molecule has 5 heteroatoms. The lowest BCUT2D eigenvalue weighted by Gasteiger charge is -2.42. The van der Waals surface area contributed by atoms with Crippen molar-refractivity contribution in [2.45, 2.75) is 51.6 Å². The van der Waals surface area contributed by atoms with Crippen molar-refractivity contribution in [1.82, 2.24) is 0 Å². The maximum absolute atomic E-state index is 11.0. The zero-order chi connectivity index (χ0) is 13.9. The molecule has 0 aromatic heterocycles. The Balaban J connectivity index is 2.38. The molecule has 0 atom stereocenters. The fourth-order valence-corrected chi connectivity index (χ4v) is 3.04. The Bertz CT molecular complexity index is 352. The third kappa shape index (κ3) is 5.24. The Kier molecular flexibility index (Phi) is 5.21. The molecule has 0 radical (unpaired) electrons. The predicted octanol–water partition coefficient (Wildman–Crippen LogP) is 1.74. The number of sulfone groups is 1. The van der Waals surface area contributed by atoms with Gasteiger partial charge < -0.3 is 10.5 Å². The van der Waals surface area contributed by atoms with Crippen LogP contribution in [0.2, 0.25) is 0 Å². The van der Waals surface area contributed by atoms with Gasteiger partial charge in [0.25, 0.3) is 0 Å². The van der Waals surface area contributed by atoms with Gasteiger partial charge in [-0.3, -0.25) is 0 Å². The first kappa shape index (κ1) is 15.9. The van der Waals surface area contributed by atoms with Crippen LogP contribution < -0.4 is 5.73 Å². The lowest BCUT2D eigenvalue weighted by molar-refractivity contribution is -0.0807. The van der Waals surface area contributed by atoms with Crippen molar-refractivity contribution in [3.05, 3.63) is 0 Å². The van der Waals surface area contributed by atoms with Crippen molar-refractivity contribution in [3.63, 3.8) is 0 Å². The molecule has 0 heterocycles. The summed E-state index contributed by atoms with van der Waals surface area (Å²) in [6.07, 6.45) is 6.02. The van der Waals surface area contributed by atoms with Crippen molar-refractivity contribution in [3.8, 4) is 0 Å². The minimum Gasteiger partial charge on any atom is -0.374 e. The summed E-state index contributed by atoms with van der Waals surface area (Å²) in [5.74, 6) is 0.194. The summed E-state index contributed by atoms with van der Waals surface area (Å²) in [4.78, 5) is 0. The van der Waals surface area contributed by atoms with E-state index in [4.69, 9.17) is 10.5 Å². The molecule has 18 heavy (non-hydrogen) atoms. The van der Waals surface area contributed by atoms with Crippen LogP contribution in [0.4, 0.5) is 0 Å². The average molecular weight is 277 g/mol. The van der Waals surface area contributed by atoms with Crippen molar-refractivity contribution < 1.29 is 13.2 Å². The van der Waals surface area contributed by atoms with Crippen LogP contribution >= 0.6 is 0 Å². The summed E-state index contributed by atoms with van der Waals surface area (Å²) in [5, 5.41) is 0. The minimum atomic E-state index is -2.88. The molecule has 4 nitrogen and oxygen atoms in total. The Morgan fingerprint density at radius 2 is 1.72 bits per heavy atom. The van der Waals surface area contributed by atoms with Crippen LogP contribution in [0.3, 0.4) is 0 Å². The zero-order valence-electron chi connectivity index (χ0n) is 11.9. The standard InChI is InChI=1S/C13H27NO3S/c1-12(2)5-7-13(11-14,8-6-12)17-9-4-10-18(3,15)16/h4-11,14H2,1-3H3. The summed E-state index contributed by atoms with van der Waals surface area (Å²) in [6.45, 7) is 5.57. The van der Waals surface area contributed by atoms with Gasteiger partial charge in [0, 0.05) is 19.4 Å². The smallest absolute Gasteiger partial charge is 0.147 e. The highest BCUT2D eigenvalue weighted by Gasteiger charge is 2.38. The van der Waals surface area contributed by atoms with Gasteiger partial charge in [-0.1, -0.05) is 13.8 Å². The predicted molar refractivity (Wildman–Crippen MR) is 74.3 cm³/mol. The average Bonchev–Trinajstić information content (AvgIpc) is 2.26. The minimum absolute atomic E-state index is 0.194. The second-order valence-electron chi connectivity index (χ2n) is 6.38. The van der Waals surface area contributed by atoms with E-state index in [0.29, 0.717) is 25.0 Å². The van der Waals surface area contributed by atoms with Gasteiger partial charge in [0.2, 0.25) is 0 Å². The largest absolute Gasteiger partial charge is 0.374 e. The van der Waals surface area contributed by atoms with Gasteiger partial charge >= 0.3 is 0 Å².